The Morgan fingerprint density at radius 1 is 1.04 bits per heavy atom. The van der Waals surface area contributed by atoms with E-state index in [0.29, 0.717) is 5.02 Å². The number of hydrogen-bond acceptors (Lipinski definition) is 3. The van der Waals surface area contributed by atoms with E-state index in [-0.39, 0.29) is 33.1 Å². The minimum Gasteiger partial charge on any atom is -0.348 e. The molecule has 1 aliphatic rings. The lowest BCUT2D eigenvalue weighted by Gasteiger charge is -2.12. The molecule has 0 aliphatic heterocycles. The fourth-order valence-electron chi connectivity index (χ4n) is 2.27. The Balaban J connectivity index is 1.80. The summed E-state index contributed by atoms with van der Waals surface area (Å²) in [6.07, 6.45) is 1.58. The number of nitrogens with one attached hydrogen (secondary N) is 2. The van der Waals surface area contributed by atoms with Gasteiger partial charge in [-0.3, -0.25) is 4.79 Å². The molecule has 0 saturated heterocycles. The number of carbonyl (C=O) groups is 1. The molecule has 1 aliphatic carbocycles. The first-order valence-corrected chi connectivity index (χ1v) is 10.4. The molecule has 26 heavy (non-hydrogen) atoms. The predicted octanol–water partition coefficient (Wildman–Crippen LogP) is 4.02. The predicted molar refractivity (Wildman–Crippen MR) is 102 cm³/mol. The maximum Gasteiger partial charge on any atom is 0.253 e. The van der Waals surface area contributed by atoms with Crippen molar-refractivity contribution in [2.45, 2.75) is 30.3 Å². The van der Waals surface area contributed by atoms with Gasteiger partial charge in [0.1, 0.15) is 4.90 Å². The monoisotopic (exact) mass is 432 g/mol. The van der Waals surface area contributed by atoms with E-state index < -0.39 is 15.9 Å². The fourth-order valence-corrected chi connectivity index (χ4v) is 4.56. The second kappa shape index (κ2) is 7.74. The minimum absolute atomic E-state index is 0.0302. The largest absolute Gasteiger partial charge is 0.348 e. The molecule has 1 amide bonds. The molecule has 9 heteroatoms. The Morgan fingerprint density at radius 3 is 2.31 bits per heavy atom. The summed E-state index contributed by atoms with van der Waals surface area (Å²) in [4.78, 5) is 12.3. The average molecular weight is 434 g/mol. The van der Waals surface area contributed by atoms with E-state index in [2.05, 4.69) is 10.0 Å². The van der Waals surface area contributed by atoms with Gasteiger partial charge in [-0.2, -0.15) is 0 Å². The van der Waals surface area contributed by atoms with E-state index in [4.69, 9.17) is 34.8 Å². The van der Waals surface area contributed by atoms with Gasteiger partial charge in [0.2, 0.25) is 10.0 Å². The van der Waals surface area contributed by atoms with Crippen LogP contribution < -0.4 is 10.0 Å². The van der Waals surface area contributed by atoms with Gasteiger partial charge < -0.3 is 5.32 Å². The average Bonchev–Trinajstić information content (AvgIpc) is 3.37. The number of carbonyl (C=O) groups excluding carboxylic acids is 1. The summed E-state index contributed by atoms with van der Waals surface area (Å²) in [5.74, 6) is -0.496. The first kappa shape index (κ1) is 19.5. The molecule has 1 fully saturated rings. The lowest BCUT2D eigenvalue weighted by Crippen LogP contribution is -2.27. The van der Waals surface area contributed by atoms with Gasteiger partial charge in [-0.1, -0.05) is 46.9 Å². The Hall–Kier alpha value is -1.31. The van der Waals surface area contributed by atoms with Crippen LogP contribution in [-0.4, -0.2) is 20.4 Å². The molecule has 0 unspecified atom stereocenters. The summed E-state index contributed by atoms with van der Waals surface area (Å²) in [5, 5.41) is 3.35. The summed E-state index contributed by atoms with van der Waals surface area (Å²) in [6.45, 7) is 0.247. The molecule has 0 radical (unpaired) electrons. The van der Waals surface area contributed by atoms with Crippen molar-refractivity contribution >= 4 is 50.7 Å². The maximum absolute atomic E-state index is 12.5. The molecule has 0 aromatic heterocycles. The van der Waals surface area contributed by atoms with Crippen LogP contribution in [0.3, 0.4) is 0 Å². The van der Waals surface area contributed by atoms with Crippen LogP contribution in [0.2, 0.25) is 15.1 Å². The van der Waals surface area contributed by atoms with Crippen LogP contribution in [0.25, 0.3) is 0 Å². The molecule has 5 nitrogen and oxygen atoms in total. The third kappa shape index (κ3) is 4.69. The zero-order valence-corrected chi connectivity index (χ0v) is 16.5. The van der Waals surface area contributed by atoms with E-state index in [1.54, 1.807) is 24.3 Å². The third-order valence-corrected chi connectivity index (χ3v) is 6.37. The molecular formula is C17H15Cl3N2O3S. The van der Waals surface area contributed by atoms with Crippen LogP contribution in [0.4, 0.5) is 0 Å². The maximum atomic E-state index is 12.5. The molecule has 0 atom stereocenters. The van der Waals surface area contributed by atoms with Crippen molar-refractivity contribution in [1.82, 2.24) is 10.0 Å². The summed E-state index contributed by atoms with van der Waals surface area (Å²) < 4.78 is 27.4. The molecule has 3 rings (SSSR count). The highest BCUT2D eigenvalue weighted by molar-refractivity contribution is 7.89. The van der Waals surface area contributed by atoms with E-state index in [1.165, 1.54) is 12.1 Å². The summed E-state index contributed by atoms with van der Waals surface area (Å²) in [5.41, 5.74) is 0.886. The van der Waals surface area contributed by atoms with Gasteiger partial charge in [0.15, 0.2) is 0 Å². The van der Waals surface area contributed by atoms with Crippen LogP contribution in [0.1, 0.15) is 28.8 Å². The lowest BCUT2D eigenvalue weighted by molar-refractivity contribution is 0.0951. The number of benzene rings is 2. The molecule has 2 N–H and O–H groups in total. The van der Waals surface area contributed by atoms with E-state index >= 15 is 0 Å². The van der Waals surface area contributed by atoms with Crippen LogP contribution in [0.15, 0.2) is 41.3 Å². The smallest absolute Gasteiger partial charge is 0.253 e. The third-order valence-electron chi connectivity index (χ3n) is 3.82. The molecule has 2 aromatic carbocycles. The summed E-state index contributed by atoms with van der Waals surface area (Å²) in [7, 11) is -3.81. The zero-order valence-electron chi connectivity index (χ0n) is 13.4. The standard InChI is InChI=1S/C17H15Cl3N2O3S/c18-11-3-1-10(2-4-11)9-21-17(23)13-7-16(15(20)8-14(13)19)26(24,25)22-12-5-6-12/h1-4,7-8,12,22H,5-6,9H2,(H,21,23). The van der Waals surface area contributed by atoms with Gasteiger partial charge in [0, 0.05) is 17.6 Å². The van der Waals surface area contributed by atoms with Gasteiger partial charge >= 0.3 is 0 Å². The highest BCUT2D eigenvalue weighted by atomic mass is 35.5. The Kier molecular flexibility index (Phi) is 5.79. The van der Waals surface area contributed by atoms with Crippen molar-refractivity contribution in [3.8, 4) is 0 Å². The number of rotatable bonds is 6. The van der Waals surface area contributed by atoms with Crippen molar-refractivity contribution in [1.29, 1.82) is 0 Å². The second-order valence-electron chi connectivity index (χ2n) is 5.97. The Labute approximate surface area is 166 Å². The number of sulfonamides is 1. The van der Waals surface area contributed by atoms with Gasteiger partial charge in [-0.05, 0) is 42.7 Å². The van der Waals surface area contributed by atoms with Crippen LogP contribution >= 0.6 is 34.8 Å². The van der Waals surface area contributed by atoms with Crippen LogP contribution in [-0.2, 0) is 16.6 Å². The van der Waals surface area contributed by atoms with Crippen molar-refractivity contribution in [3.05, 3.63) is 62.6 Å². The Morgan fingerprint density at radius 2 is 1.69 bits per heavy atom. The highest BCUT2D eigenvalue weighted by Crippen LogP contribution is 2.30. The van der Waals surface area contributed by atoms with Gasteiger partial charge in [-0.25, -0.2) is 13.1 Å². The Bertz CT molecular complexity index is 942. The van der Waals surface area contributed by atoms with E-state index in [1.807, 2.05) is 0 Å². The highest BCUT2D eigenvalue weighted by Gasteiger charge is 2.30. The lowest BCUT2D eigenvalue weighted by atomic mass is 10.2. The van der Waals surface area contributed by atoms with Gasteiger partial charge in [0.05, 0.1) is 15.6 Å². The van der Waals surface area contributed by atoms with Crippen molar-refractivity contribution in [2.75, 3.05) is 0 Å². The first-order valence-electron chi connectivity index (χ1n) is 7.80. The minimum atomic E-state index is -3.81. The number of hydrogen-bond donors (Lipinski definition) is 2. The molecule has 0 bridgehead atoms. The molecule has 1 saturated carbocycles. The normalized spacial score (nSPS) is 14.3. The first-order chi connectivity index (χ1) is 12.3. The molecule has 0 heterocycles. The second-order valence-corrected chi connectivity index (χ2v) is 8.90. The molecular weight excluding hydrogens is 419 g/mol. The number of halogens is 3. The van der Waals surface area contributed by atoms with Crippen molar-refractivity contribution in [3.63, 3.8) is 0 Å². The van der Waals surface area contributed by atoms with E-state index in [0.717, 1.165) is 18.4 Å². The van der Waals surface area contributed by atoms with Gasteiger partial charge in [-0.15, -0.1) is 0 Å². The van der Waals surface area contributed by atoms with Crippen molar-refractivity contribution < 1.29 is 13.2 Å². The van der Waals surface area contributed by atoms with Gasteiger partial charge in [0.25, 0.3) is 5.91 Å². The summed E-state index contributed by atoms with van der Waals surface area (Å²) in [6, 6.07) is 9.38. The van der Waals surface area contributed by atoms with Crippen LogP contribution in [0.5, 0.6) is 0 Å². The van der Waals surface area contributed by atoms with Crippen LogP contribution in [0, 0.1) is 0 Å². The SMILES string of the molecule is O=C(NCc1ccc(Cl)cc1)c1cc(S(=O)(=O)NC2CC2)c(Cl)cc1Cl. The number of amides is 1. The topological polar surface area (TPSA) is 75.3 Å². The summed E-state index contributed by atoms with van der Waals surface area (Å²) >= 11 is 17.9. The molecule has 0 spiro atoms. The van der Waals surface area contributed by atoms with Crippen molar-refractivity contribution in [2.24, 2.45) is 0 Å². The molecule has 2 aromatic rings. The van der Waals surface area contributed by atoms with E-state index in [9.17, 15) is 13.2 Å². The fraction of sp³-hybridized carbons (Fsp3) is 0.235. The quantitative estimate of drug-likeness (QED) is 0.722. The zero-order chi connectivity index (χ0) is 18.9. The molecule has 138 valence electrons.